The van der Waals surface area contributed by atoms with Gasteiger partial charge in [-0.15, -0.1) is 0 Å². The quantitative estimate of drug-likeness (QED) is 0.419. The molecule has 0 amide bonds. The number of rotatable bonds is 11. The van der Waals surface area contributed by atoms with Gasteiger partial charge in [-0.1, -0.05) is 71.1 Å². The molecule has 1 atom stereocenters. The first-order valence-corrected chi connectivity index (χ1v) is 9.06. The third-order valence-corrected chi connectivity index (χ3v) is 4.24. The molecule has 1 rings (SSSR count). The van der Waals surface area contributed by atoms with Crippen molar-refractivity contribution in [3.8, 4) is 0 Å². The Morgan fingerprint density at radius 1 is 0.818 bits per heavy atom. The minimum atomic E-state index is -0.304. The van der Waals surface area contributed by atoms with Gasteiger partial charge in [0.05, 0.1) is 12.3 Å². The van der Waals surface area contributed by atoms with Crippen LogP contribution in [-0.4, -0.2) is 25.2 Å². The molecule has 0 bridgehead atoms. The number of carbonyl (C=O) groups excluding carboxylic acids is 2. The van der Waals surface area contributed by atoms with Crippen LogP contribution in [0, 0.1) is 5.92 Å². The first kappa shape index (κ1) is 19.0. The number of carbonyl (C=O) groups is 2. The fourth-order valence-corrected chi connectivity index (χ4v) is 2.86. The minimum absolute atomic E-state index is 0.177. The summed E-state index contributed by atoms with van der Waals surface area (Å²) in [5, 5.41) is 0. The molecule has 128 valence electrons. The van der Waals surface area contributed by atoms with E-state index >= 15 is 0 Å². The molecule has 1 heterocycles. The van der Waals surface area contributed by atoms with Gasteiger partial charge < -0.3 is 9.47 Å². The normalized spacial score (nSPS) is 19.2. The maximum Gasteiger partial charge on any atom is 0.309 e. The molecule has 0 radical (unpaired) electrons. The Morgan fingerprint density at radius 3 is 2.00 bits per heavy atom. The van der Waals surface area contributed by atoms with Gasteiger partial charge in [-0.2, -0.15) is 0 Å². The van der Waals surface area contributed by atoms with E-state index in [4.69, 9.17) is 9.47 Å². The number of hydrogen-bond acceptors (Lipinski definition) is 4. The average Bonchev–Trinajstić information content (AvgIpc) is 2.50. The Morgan fingerprint density at radius 2 is 1.36 bits per heavy atom. The van der Waals surface area contributed by atoms with E-state index in [0.29, 0.717) is 0 Å². The van der Waals surface area contributed by atoms with Gasteiger partial charge in [-0.05, 0) is 6.42 Å². The molecule has 0 aromatic carbocycles. The maximum absolute atomic E-state index is 11.8. The highest BCUT2D eigenvalue weighted by molar-refractivity contribution is 5.80. The number of ether oxygens (including phenoxy) is 2. The second-order valence-corrected chi connectivity index (χ2v) is 6.26. The second-order valence-electron chi connectivity index (χ2n) is 6.26. The molecule has 0 saturated carbocycles. The first-order chi connectivity index (χ1) is 10.7. The third-order valence-electron chi connectivity index (χ3n) is 4.24. The summed E-state index contributed by atoms with van der Waals surface area (Å²) in [5.74, 6) is -0.803. The summed E-state index contributed by atoms with van der Waals surface area (Å²) in [6.45, 7) is 2.63. The Hall–Kier alpha value is -1.06. The zero-order chi connectivity index (χ0) is 16.0. The maximum atomic E-state index is 11.8. The van der Waals surface area contributed by atoms with Gasteiger partial charge >= 0.3 is 11.9 Å². The van der Waals surface area contributed by atoms with Crippen LogP contribution in [0.5, 0.6) is 0 Å². The predicted molar refractivity (Wildman–Crippen MR) is 86.5 cm³/mol. The van der Waals surface area contributed by atoms with Gasteiger partial charge in [0.15, 0.2) is 0 Å². The van der Waals surface area contributed by atoms with Gasteiger partial charge in [0.2, 0.25) is 0 Å². The van der Waals surface area contributed by atoms with Crippen LogP contribution in [0.3, 0.4) is 0 Å². The summed E-state index contributed by atoms with van der Waals surface area (Å²) in [6.07, 6.45) is 13.6. The van der Waals surface area contributed by atoms with Crippen LogP contribution < -0.4 is 0 Å². The Bertz CT molecular complexity index is 314. The molecule has 1 aliphatic heterocycles. The summed E-state index contributed by atoms with van der Waals surface area (Å²) in [4.78, 5) is 23.2. The van der Waals surface area contributed by atoms with E-state index in [-0.39, 0.29) is 37.5 Å². The zero-order valence-electron chi connectivity index (χ0n) is 14.1. The van der Waals surface area contributed by atoms with Gasteiger partial charge in [0.1, 0.15) is 13.2 Å². The van der Waals surface area contributed by atoms with Gasteiger partial charge in [0, 0.05) is 0 Å². The van der Waals surface area contributed by atoms with Crippen LogP contribution in [0.25, 0.3) is 0 Å². The molecule has 4 heteroatoms. The van der Waals surface area contributed by atoms with Crippen LogP contribution in [0.2, 0.25) is 0 Å². The van der Waals surface area contributed by atoms with Crippen LogP contribution in [0.1, 0.15) is 84.0 Å². The van der Waals surface area contributed by atoms with Crippen molar-refractivity contribution >= 4 is 11.9 Å². The zero-order valence-corrected chi connectivity index (χ0v) is 14.1. The Balaban J connectivity index is 2.00. The van der Waals surface area contributed by atoms with Crippen molar-refractivity contribution in [2.45, 2.75) is 84.0 Å². The van der Waals surface area contributed by atoms with E-state index in [2.05, 4.69) is 6.92 Å². The molecule has 1 unspecified atom stereocenters. The minimum Gasteiger partial charge on any atom is -0.462 e. The summed E-state index contributed by atoms with van der Waals surface area (Å²) in [5.41, 5.74) is 0. The van der Waals surface area contributed by atoms with Crippen molar-refractivity contribution in [3.63, 3.8) is 0 Å². The number of cyclic esters (lactones) is 2. The molecule has 1 fully saturated rings. The van der Waals surface area contributed by atoms with Crippen molar-refractivity contribution < 1.29 is 19.1 Å². The molecule has 22 heavy (non-hydrogen) atoms. The van der Waals surface area contributed by atoms with Crippen molar-refractivity contribution in [1.82, 2.24) is 0 Å². The summed E-state index contributed by atoms with van der Waals surface area (Å²) < 4.78 is 10.0. The lowest BCUT2D eigenvalue weighted by atomic mass is 9.97. The van der Waals surface area contributed by atoms with Crippen LogP contribution in [0.15, 0.2) is 0 Å². The largest absolute Gasteiger partial charge is 0.462 e. The summed E-state index contributed by atoms with van der Waals surface area (Å²) in [6, 6.07) is 0. The highest BCUT2D eigenvalue weighted by Crippen LogP contribution is 2.19. The fraction of sp³-hybridized carbons (Fsp3) is 0.889. The average molecular weight is 312 g/mol. The molecular formula is C18H32O4. The van der Waals surface area contributed by atoms with Gasteiger partial charge in [0.25, 0.3) is 0 Å². The number of unbranched alkanes of at least 4 members (excludes halogenated alkanes) is 9. The van der Waals surface area contributed by atoms with Crippen molar-refractivity contribution in [1.29, 1.82) is 0 Å². The van der Waals surface area contributed by atoms with E-state index in [1.807, 2.05) is 0 Å². The van der Waals surface area contributed by atoms with Gasteiger partial charge in [-0.25, -0.2) is 0 Å². The SMILES string of the molecule is CCCCCCCCCCCCC1CC(=O)OCCOC1=O. The number of esters is 2. The van der Waals surface area contributed by atoms with Gasteiger partial charge in [-0.3, -0.25) is 9.59 Å². The molecular weight excluding hydrogens is 280 g/mol. The highest BCUT2D eigenvalue weighted by Gasteiger charge is 2.25. The standard InChI is InChI=1S/C18H32O4/c1-2-3-4-5-6-7-8-9-10-11-12-16-15-17(19)21-13-14-22-18(16)20/h16H,2-15H2,1H3. The molecule has 1 aliphatic rings. The lowest BCUT2D eigenvalue weighted by molar-refractivity contribution is -0.163. The topological polar surface area (TPSA) is 52.6 Å². The molecule has 0 aliphatic carbocycles. The molecule has 0 aromatic heterocycles. The Labute approximate surface area is 134 Å². The van der Waals surface area contributed by atoms with Crippen LogP contribution in [-0.2, 0) is 19.1 Å². The van der Waals surface area contributed by atoms with E-state index in [0.717, 1.165) is 19.3 Å². The summed E-state index contributed by atoms with van der Waals surface area (Å²) in [7, 11) is 0. The lowest BCUT2D eigenvalue weighted by Crippen LogP contribution is -2.27. The smallest absolute Gasteiger partial charge is 0.309 e. The van der Waals surface area contributed by atoms with Crippen molar-refractivity contribution in [3.05, 3.63) is 0 Å². The first-order valence-electron chi connectivity index (χ1n) is 9.06. The third kappa shape index (κ3) is 9.06. The molecule has 0 N–H and O–H groups in total. The second kappa shape index (κ2) is 12.5. The number of hydrogen-bond donors (Lipinski definition) is 0. The summed E-state index contributed by atoms with van der Waals surface area (Å²) >= 11 is 0. The van der Waals surface area contributed by atoms with E-state index in [9.17, 15) is 9.59 Å². The van der Waals surface area contributed by atoms with Crippen LogP contribution >= 0.6 is 0 Å². The molecule has 1 saturated heterocycles. The van der Waals surface area contributed by atoms with Crippen molar-refractivity contribution in [2.24, 2.45) is 5.92 Å². The van der Waals surface area contributed by atoms with E-state index < -0.39 is 0 Å². The predicted octanol–water partition coefficient (Wildman–Crippen LogP) is 4.40. The lowest BCUT2D eigenvalue weighted by Gasteiger charge is -2.18. The molecule has 0 spiro atoms. The molecule has 4 nitrogen and oxygen atoms in total. The van der Waals surface area contributed by atoms with E-state index in [1.54, 1.807) is 0 Å². The fourth-order valence-electron chi connectivity index (χ4n) is 2.86. The van der Waals surface area contributed by atoms with Crippen molar-refractivity contribution in [2.75, 3.05) is 13.2 Å². The highest BCUT2D eigenvalue weighted by atomic mass is 16.6. The molecule has 0 aromatic rings. The monoisotopic (exact) mass is 312 g/mol. The van der Waals surface area contributed by atoms with E-state index in [1.165, 1.54) is 51.4 Å². The Kier molecular flexibility index (Phi) is 10.8. The van der Waals surface area contributed by atoms with Crippen LogP contribution in [0.4, 0.5) is 0 Å².